The van der Waals surface area contributed by atoms with Crippen molar-refractivity contribution in [2.45, 2.75) is 36.9 Å². The summed E-state index contributed by atoms with van der Waals surface area (Å²) in [6.45, 7) is 3.35. The van der Waals surface area contributed by atoms with Gasteiger partial charge in [-0.15, -0.1) is 11.8 Å². The molecule has 9 heteroatoms. The van der Waals surface area contributed by atoms with E-state index in [9.17, 15) is 0 Å². The molecule has 2 unspecified atom stereocenters. The number of thioether (sulfide) groups is 1. The SMILES string of the molecule is CCNc1cc(C2CCC(c3cc(OC)c(OC)c(OC)c3)O2)cc(OC)c1OCCSc1ccc(Cl)cc1. The summed E-state index contributed by atoms with van der Waals surface area (Å²) in [5.74, 6) is 3.98. The zero-order chi connectivity index (χ0) is 27.8. The molecule has 1 N–H and O–H groups in total. The van der Waals surface area contributed by atoms with Crippen molar-refractivity contribution in [3.8, 4) is 28.7 Å². The quantitative estimate of drug-likeness (QED) is 0.166. The van der Waals surface area contributed by atoms with Gasteiger partial charge in [-0.3, -0.25) is 0 Å². The molecule has 0 aliphatic carbocycles. The Morgan fingerprint density at radius 3 is 1.92 bits per heavy atom. The van der Waals surface area contributed by atoms with Crippen molar-refractivity contribution in [2.24, 2.45) is 0 Å². The smallest absolute Gasteiger partial charge is 0.203 e. The maximum absolute atomic E-state index is 6.55. The first-order valence-corrected chi connectivity index (χ1v) is 14.3. The molecule has 0 aromatic heterocycles. The molecule has 1 aliphatic rings. The molecule has 7 nitrogen and oxygen atoms in total. The molecule has 210 valence electrons. The monoisotopic (exact) mass is 573 g/mol. The average molecular weight is 574 g/mol. The highest BCUT2D eigenvalue weighted by atomic mass is 35.5. The van der Waals surface area contributed by atoms with Crippen LogP contribution in [0.3, 0.4) is 0 Å². The van der Waals surface area contributed by atoms with Gasteiger partial charge >= 0.3 is 0 Å². The normalized spacial score (nSPS) is 16.6. The summed E-state index contributed by atoms with van der Waals surface area (Å²) in [6, 6.07) is 15.9. The van der Waals surface area contributed by atoms with Crippen molar-refractivity contribution in [3.63, 3.8) is 0 Å². The van der Waals surface area contributed by atoms with E-state index in [1.54, 1.807) is 40.2 Å². The molecule has 1 fully saturated rings. The zero-order valence-corrected chi connectivity index (χ0v) is 24.6. The lowest BCUT2D eigenvalue weighted by Gasteiger charge is -2.21. The third-order valence-electron chi connectivity index (χ3n) is 6.53. The van der Waals surface area contributed by atoms with Crippen LogP contribution in [0.4, 0.5) is 5.69 Å². The lowest BCUT2D eigenvalue weighted by molar-refractivity contribution is 0.0437. The first-order chi connectivity index (χ1) is 19.0. The molecule has 1 heterocycles. The van der Waals surface area contributed by atoms with E-state index in [4.69, 9.17) is 40.0 Å². The van der Waals surface area contributed by atoms with Gasteiger partial charge in [0, 0.05) is 22.2 Å². The lowest BCUT2D eigenvalue weighted by Crippen LogP contribution is -2.08. The fourth-order valence-electron chi connectivity index (χ4n) is 4.68. The molecular formula is C30H36ClNO6S. The predicted octanol–water partition coefficient (Wildman–Crippen LogP) is 7.57. The summed E-state index contributed by atoms with van der Waals surface area (Å²) < 4.78 is 35.1. The van der Waals surface area contributed by atoms with Gasteiger partial charge in [0.1, 0.15) is 0 Å². The Kier molecular flexibility index (Phi) is 10.4. The van der Waals surface area contributed by atoms with Gasteiger partial charge in [0.15, 0.2) is 23.0 Å². The highest BCUT2D eigenvalue weighted by Gasteiger charge is 2.31. The number of rotatable bonds is 13. The van der Waals surface area contributed by atoms with Crippen LogP contribution in [0.1, 0.15) is 43.1 Å². The Labute approximate surface area is 240 Å². The van der Waals surface area contributed by atoms with Crippen molar-refractivity contribution in [1.29, 1.82) is 0 Å². The molecule has 0 spiro atoms. The Balaban J connectivity index is 1.49. The molecule has 4 rings (SSSR count). The number of methoxy groups -OCH3 is 4. The van der Waals surface area contributed by atoms with Gasteiger partial charge in [0.05, 0.1) is 52.9 Å². The number of nitrogens with one attached hydrogen (secondary N) is 1. The maximum atomic E-state index is 6.55. The summed E-state index contributed by atoms with van der Waals surface area (Å²) >= 11 is 7.71. The Bertz CT molecular complexity index is 1210. The summed E-state index contributed by atoms with van der Waals surface area (Å²) in [5, 5.41) is 4.17. The number of benzene rings is 3. The molecule has 0 saturated carbocycles. The largest absolute Gasteiger partial charge is 0.493 e. The molecular weight excluding hydrogens is 538 g/mol. The number of hydrogen-bond donors (Lipinski definition) is 1. The second-order valence-corrected chi connectivity index (χ2v) is 10.5. The topological polar surface area (TPSA) is 67.4 Å². The van der Waals surface area contributed by atoms with Crippen LogP contribution in [-0.2, 0) is 4.74 Å². The molecule has 0 radical (unpaired) electrons. The van der Waals surface area contributed by atoms with Gasteiger partial charge in [-0.05, 0) is 79.4 Å². The van der Waals surface area contributed by atoms with Gasteiger partial charge in [-0.1, -0.05) is 11.6 Å². The van der Waals surface area contributed by atoms with Crippen molar-refractivity contribution in [1.82, 2.24) is 0 Å². The molecule has 1 saturated heterocycles. The van der Waals surface area contributed by atoms with Crippen LogP contribution in [0.15, 0.2) is 53.4 Å². The van der Waals surface area contributed by atoms with Gasteiger partial charge < -0.3 is 33.7 Å². The van der Waals surface area contributed by atoms with E-state index >= 15 is 0 Å². The van der Waals surface area contributed by atoms with Crippen LogP contribution >= 0.6 is 23.4 Å². The van der Waals surface area contributed by atoms with Gasteiger partial charge in [0.2, 0.25) is 5.75 Å². The van der Waals surface area contributed by atoms with Crippen molar-refractivity contribution in [3.05, 3.63) is 64.7 Å². The van der Waals surface area contributed by atoms with E-state index in [2.05, 4.69) is 18.3 Å². The van der Waals surface area contributed by atoms with Crippen LogP contribution in [-0.4, -0.2) is 47.3 Å². The number of anilines is 1. The number of ether oxygens (including phenoxy) is 6. The van der Waals surface area contributed by atoms with Crippen LogP contribution in [0, 0.1) is 0 Å². The Morgan fingerprint density at radius 1 is 0.821 bits per heavy atom. The third kappa shape index (κ3) is 6.99. The van der Waals surface area contributed by atoms with Crippen LogP contribution in [0.2, 0.25) is 5.02 Å². The van der Waals surface area contributed by atoms with E-state index in [1.807, 2.05) is 42.5 Å². The summed E-state index contributed by atoms with van der Waals surface area (Å²) in [6.07, 6.45) is 1.55. The second kappa shape index (κ2) is 13.9. The maximum Gasteiger partial charge on any atom is 0.203 e. The molecule has 0 amide bonds. The average Bonchev–Trinajstić information content (AvgIpc) is 3.46. The highest BCUT2D eigenvalue weighted by molar-refractivity contribution is 7.99. The van der Waals surface area contributed by atoms with E-state index in [-0.39, 0.29) is 12.2 Å². The van der Waals surface area contributed by atoms with Gasteiger partial charge in [-0.2, -0.15) is 0 Å². The lowest BCUT2D eigenvalue weighted by atomic mass is 10.0. The van der Waals surface area contributed by atoms with E-state index in [0.29, 0.717) is 35.4 Å². The van der Waals surface area contributed by atoms with E-state index in [1.165, 1.54) is 0 Å². The molecule has 2 atom stereocenters. The summed E-state index contributed by atoms with van der Waals surface area (Å²) in [5.41, 5.74) is 2.92. The molecule has 3 aromatic carbocycles. The first-order valence-electron chi connectivity index (χ1n) is 12.9. The molecule has 1 aliphatic heterocycles. The zero-order valence-electron chi connectivity index (χ0n) is 23.0. The minimum Gasteiger partial charge on any atom is -0.493 e. The second-order valence-electron chi connectivity index (χ2n) is 8.93. The minimum atomic E-state index is -0.0990. The fourth-order valence-corrected chi connectivity index (χ4v) is 5.54. The number of halogens is 1. The first kappa shape index (κ1) is 29.1. The Hall–Kier alpha value is -2.94. The van der Waals surface area contributed by atoms with Crippen LogP contribution in [0.5, 0.6) is 28.7 Å². The number of hydrogen-bond acceptors (Lipinski definition) is 8. The fraction of sp³-hybridized carbons (Fsp3) is 0.400. The van der Waals surface area contributed by atoms with Crippen LogP contribution < -0.4 is 29.0 Å². The summed E-state index contributed by atoms with van der Waals surface area (Å²) in [4.78, 5) is 1.15. The van der Waals surface area contributed by atoms with Crippen molar-refractivity contribution in [2.75, 3.05) is 52.7 Å². The van der Waals surface area contributed by atoms with Gasteiger partial charge in [0.25, 0.3) is 0 Å². The van der Waals surface area contributed by atoms with Crippen molar-refractivity contribution < 1.29 is 28.4 Å². The third-order valence-corrected chi connectivity index (χ3v) is 7.75. The van der Waals surface area contributed by atoms with E-state index < -0.39 is 0 Å². The van der Waals surface area contributed by atoms with Crippen molar-refractivity contribution >= 4 is 29.1 Å². The molecule has 39 heavy (non-hydrogen) atoms. The van der Waals surface area contributed by atoms with Gasteiger partial charge in [-0.25, -0.2) is 0 Å². The van der Waals surface area contributed by atoms with Crippen LogP contribution in [0.25, 0.3) is 0 Å². The standard InChI is InChI=1S/C30H36ClNO6S/c1-6-32-23-15-19(16-26(33-2)29(23)37-13-14-39-22-9-7-21(31)8-10-22)24-11-12-25(38-24)20-17-27(34-3)30(36-5)28(18-20)35-4/h7-10,15-18,24-25,32H,6,11-14H2,1-5H3. The highest BCUT2D eigenvalue weighted by Crippen LogP contribution is 2.48. The minimum absolute atomic E-state index is 0.0880. The predicted molar refractivity (Wildman–Crippen MR) is 157 cm³/mol. The molecule has 3 aromatic rings. The Morgan fingerprint density at radius 2 is 1.38 bits per heavy atom. The molecule has 0 bridgehead atoms. The summed E-state index contributed by atoms with van der Waals surface area (Å²) in [7, 11) is 6.50. The van der Waals surface area contributed by atoms with E-state index in [0.717, 1.165) is 51.9 Å².